The molecule has 194 valence electrons. The number of aromatic nitrogens is 1. The molecule has 0 fully saturated rings. The zero-order chi connectivity index (χ0) is 26.6. The fourth-order valence-electron chi connectivity index (χ4n) is 2.88. The molecule has 1 amide bonds. The number of pyridine rings is 1. The Kier molecular flexibility index (Phi) is 9.52. The average molecular weight is 512 g/mol. The number of nitrogen functional groups attached to an aromatic ring is 1. The molecule has 0 atom stereocenters. The van der Waals surface area contributed by atoms with Gasteiger partial charge in [0, 0.05) is 37.5 Å². The Bertz CT molecular complexity index is 1240. The van der Waals surface area contributed by atoms with E-state index in [4.69, 9.17) is 25.8 Å². The van der Waals surface area contributed by atoms with Crippen LogP contribution in [-0.4, -0.2) is 41.7 Å². The van der Waals surface area contributed by atoms with E-state index in [1.54, 1.807) is 30.3 Å². The number of anilines is 2. The van der Waals surface area contributed by atoms with Crippen LogP contribution in [0.4, 0.5) is 22.0 Å². The number of nitrogens with two attached hydrogens (primary N) is 2. The van der Waals surface area contributed by atoms with Crippen molar-refractivity contribution in [2.75, 3.05) is 30.7 Å². The van der Waals surface area contributed by atoms with E-state index in [0.29, 0.717) is 41.7 Å². The molecule has 0 aliphatic rings. The predicted octanol–water partition coefficient (Wildman–Crippen LogP) is 2.50. The molecule has 0 radical (unpaired) electrons. The van der Waals surface area contributed by atoms with Gasteiger partial charge in [-0.2, -0.15) is 0 Å². The van der Waals surface area contributed by atoms with Crippen molar-refractivity contribution in [3.8, 4) is 17.2 Å². The van der Waals surface area contributed by atoms with E-state index in [1.165, 1.54) is 30.5 Å². The van der Waals surface area contributed by atoms with Crippen molar-refractivity contribution in [3.63, 3.8) is 0 Å². The maximum atomic E-state index is 12.0. The SMILES string of the molecule is NOCC(=O)NCCNc1cc(Oc2cc(COC(=O)Oc3ccc([N+](=O)[O-])cc3)ccc2N)ccn1. The summed E-state index contributed by atoms with van der Waals surface area (Å²) in [7, 11) is 0. The maximum absolute atomic E-state index is 12.0. The maximum Gasteiger partial charge on any atom is 0.514 e. The highest BCUT2D eigenvalue weighted by Gasteiger charge is 2.11. The van der Waals surface area contributed by atoms with Gasteiger partial charge in [-0.15, -0.1) is 0 Å². The summed E-state index contributed by atoms with van der Waals surface area (Å²) in [6.45, 7) is 0.370. The summed E-state index contributed by atoms with van der Waals surface area (Å²) in [5.41, 5.74) is 6.83. The van der Waals surface area contributed by atoms with Crippen molar-refractivity contribution in [2.45, 2.75) is 6.61 Å². The molecule has 3 aromatic rings. The quantitative estimate of drug-likeness (QED) is 0.0690. The number of nitro groups is 1. The Balaban J connectivity index is 1.52. The van der Waals surface area contributed by atoms with Crippen molar-refractivity contribution < 1.29 is 33.6 Å². The molecule has 0 saturated carbocycles. The highest BCUT2D eigenvalue weighted by molar-refractivity contribution is 5.77. The van der Waals surface area contributed by atoms with Gasteiger partial charge < -0.3 is 30.6 Å². The molecular formula is C23H24N6O8. The van der Waals surface area contributed by atoms with E-state index in [-0.39, 0.29) is 30.6 Å². The van der Waals surface area contributed by atoms with Crippen molar-refractivity contribution in [3.05, 3.63) is 76.5 Å². The van der Waals surface area contributed by atoms with Gasteiger partial charge in [0.15, 0.2) is 5.75 Å². The minimum Gasteiger partial charge on any atom is -0.455 e. The third kappa shape index (κ3) is 8.65. The van der Waals surface area contributed by atoms with Crippen LogP contribution in [0.5, 0.6) is 17.2 Å². The molecule has 2 aromatic carbocycles. The molecule has 0 bridgehead atoms. The van der Waals surface area contributed by atoms with Crippen LogP contribution in [0.2, 0.25) is 0 Å². The largest absolute Gasteiger partial charge is 0.514 e. The highest BCUT2D eigenvalue weighted by Crippen LogP contribution is 2.29. The van der Waals surface area contributed by atoms with Crippen LogP contribution in [0.25, 0.3) is 0 Å². The lowest BCUT2D eigenvalue weighted by Gasteiger charge is -2.12. The number of rotatable bonds is 12. The van der Waals surface area contributed by atoms with Crippen LogP contribution in [0.1, 0.15) is 5.56 Å². The van der Waals surface area contributed by atoms with Gasteiger partial charge >= 0.3 is 6.16 Å². The summed E-state index contributed by atoms with van der Waals surface area (Å²) in [5.74, 6) is 5.89. The summed E-state index contributed by atoms with van der Waals surface area (Å²) >= 11 is 0. The lowest BCUT2D eigenvalue weighted by molar-refractivity contribution is -0.384. The van der Waals surface area contributed by atoms with Crippen molar-refractivity contribution in [1.82, 2.24) is 10.3 Å². The predicted molar refractivity (Wildman–Crippen MR) is 131 cm³/mol. The number of carbonyl (C=O) groups excluding carboxylic acids is 2. The van der Waals surface area contributed by atoms with Gasteiger partial charge in [0.1, 0.15) is 30.5 Å². The first-order valence-corrected chi connectivity index (χ1v) is 10.8. The Labute approximate surface area is 210 Å². The monoisotopic (exact) mass is 512 g/mol. The minimum atomic E-state index is -0.982. The standard InChI is InChI=1S/C23H24N6O8/c24-19-6-1-15(13-34-23(31)37-17-4-2-16(3-5-17)29(32)33)11-20(19)36-18-7-8-26-21(12-18)27-9-10-28-22(30)14-35-25/h1-8,11-12H,9-10,13-14,24-25H2,(H,26,27)(H,28,30). The summed E-state index contributed by atoms with van der Waals surface area (Å²) in [6.07, 6.45) is 0.556. The third-order valence-electron chi connectivity index (χ3n) is 4.61. The van der Waals surface area contributed by atoms with Gasteiger partial charge in [0.25, 0.3) is 5.69 Å². The number of hydrogen-bond donors (Lipinski definition) is 4. The normalized spacial score (nSPS) is 10.3. The fraction of sp³-hybridized carbons (Fsp3) is 0.174. The van der Waals surface area contributed by atoms with Gasteiger partial charge in [0.05, 0.1) is 10.6 Å². The third-order valence-corrected chi connectivity index (χ3v) is 4.61. The molecule has 3 rings (SSSR count). The summed E-state index contributed by atoms with van der Waals surface area (Å²) in [4.78, 5) is 41.9. The zero-order valence-corrected chi connectivity index (χ0v) is 19.4. The molecule has 1 aromatic heterocycles. The van der Waals surface area contributed by atoms with Gasteiger partial charge in [-0.25, -0.2) is 15.7 Å². The molecule has 0 spiro atoms. The summed E-state index contributed by atoms with van der Waals surface area (Å²) < 4.78 is 16.0. The van der Waals surface area contributed by atoms with Crippen molar-refractivity contribution >= 4 is 29.3 Å². The second-order valence-electron chi connectivity index (χ2n) is 7.33. The average Bonchev–Trinajstić information content (AvgIpc) is 2.88. The Morgan fingerprint density at radius 2 is 1.81 bits per heavy atom. The number of non-ortho nitro benzene ring substituents is 1. The highest BCUT2D eigenvalue weighted by atomic mass is 16.7. The first kappa shape index (κ1) is 26.7. The first-order valence-electron chi connectivity index (χ1n) is 10.8. The van der Waals surface area contributed by atoms with Crippen LogP contribution in [0.15, 0.2) is 60.8 Å². The summed E-state index contributed by atoms with van der Waals surface area (Å²) in [6, 6.07) is 13.2. The van der Waals surface area contributed by atoms with Gasteiger partial charge in [-0.05, 0) is 35.9 Å². The van der Waals surface area contributed by atoms with Crippen LogP contribution >= 0.6 is 0 Å². The van der Waals surface area contributed by atoms with Gasteiger partial charge in [-0.1, -0.05) is 6.07 Å². The van der Waals surface area contributed by atoms with Crippen molar-refractivity contribution in [1.29, 1.82) is 0 Å². The molecule has 0 unspecified atom stereocenters. The zero-order valence-electron chi connectivity index (χ0n) is 19.4. The van der Waals surface area contributed by atoms with E-state index in [0.717, 1.165) is 0 Å². The molecule has 14 nitrogen and oxygen atoms in total. The van der Waals surface area contributed by atoms with Crippen LogP contribution in [-0.2, 0) is 21.0 Å². The first-order chi connectivity index (χ1) is 17.8. The minimum absolute atomic E-state index is 0.103. The van der Waals surface area contributed by atoms with Crippen LogP contribution in [0.3, 0.4) is 0 Å². The Morgan fingerprint density at radius 3 is 2.54 bits per heavy atom. The smallest absolute Gasteiger partial charge is 0.455 e. The molecule has 1 heterocycles. The van der Waals surface area contributed by atoms with Crippen LogP contribution < -0.4 is 31.7 Å². The number of nitro benzene ring substituents is 1. The Hall–Kier alpha value is -4.95. The lowest BCUT2D eigenvalue weighted by atomic mass is 10.2. The molecule has 0 aliphatic carbocycles. The molecule has 0 saturated heterocycles. The number of nitrogens with zero attached hydrogens (tertiary/aromatic N) is 2. The molecule has 6 N–H and O–H groups in total. The van der Waals surface area contributed by atoms with Gasteiger partial charge in [0.2, 0.25) is 5.91 Å². The molecule has 37 heavy (non-hydrogen) atoms. The number of hydrogen-bond acceptors (Lipinski definition) is 12. The molecule has 14 heteroatoms. The lowest BCUT2D eigenvalue weighted by Crippen LogP contribution is -2.32. The number of ether oxygens (including phenoxy) is 3. The van der Waals surface area contributed by atoms with E-state index >= 15 is 0 Å². The topological polar surface area (TPSA) is 203 Å². The number of carbonyl (C=O) groups is 2. The molecule has 0 aliphatic heterocycles. The van der Waals surface area contributed by atoms with E-state index in [9.17, 15) is 19.7 Å². The van der Waals surface area contributed by atoms with E-state index < -0.39 is 11.1 Å². The fourth-order valence-corrected chi connectivity index (χ4v) is 2.88. The number of nitrogens with one attached hydrogen (secondary N) is 2. The second-order valence-corrected chi connectivity index (χ2v) is 7.33. The molecular weight excluding hydrogens is 488 g/mol. The van der Waals surface area contributed by atoms with Crippen molar-refractivity contribution in [2.24, 2.45) is 5.90 Å². The van der Waals surface area contributed by atoms with Crippen LogP contribution in [0, 0.1) is 10.1 Å². The second kappa shape index (κ2) is 13.2. The Morgan fingerprint density at radius 1 is 1.03 bits per heavy atom. The summed E-state index contributed by atoms with van der Waals surface area (Å²) in [5, 5.41) is 16.4. The number of benzene rings is 2. The number of amides is 1. The van der Waals surface area contributed by atoms with E-state index in [1.807, 2.05) is 0 Å². The van der Waals surface area contributed by atoms with E-state index in [2.05, 4.69) is 20.5 Å². The van der Waals surface area contributed by atoms with Gasteiger partial charge in [-0.3, -0.25) is 19.7 Å².